The second-order valence-corrected chi connectivity index (χ2v) is 9.99. The van der Waals surface area contributed by atoms with Gasteiger partial charge in [0.05, 0.1) is 18.5 Å². The predicted octanol–water partition coefficient (Wildman–Crippen LogP) is 4.69. The van der Waals surface area contributed by atoms with Crippen LogP contribution in [0.3, 0.4) is 0 Å². The van der Waals surface area contributed by atoms with Crippen LogP contribution in [0.5, 0.6) is 0 Å². The third kappa shape index (κ3) is 4.57. The molecule has 0 spiro atoms. The zero-order valence-electron chi connectivity index (χ0n) is 22.7. The van der Waals surface area contributed by atoms with E-state index >= 15 is 0 Å². The number of aliphatic imine (C=N–C) groups is 1. The average molecular weight is 497 g/mol. The number of carbonyl (C=O) groups is 1. The van der Waals surface area contributed by atoms with Gasteiger partial charge in [-0.05, 0) is 104 Å². The lowest BCUT2D eigenvalue weighted by Crippen LogP contribution is -2.14. The van der Waals surface area contributed by atoms with Crippen LogP contribution in [0.25, 0.3) is 18.2 Å². The number of rotatable bonds is 5. The van der Waals surface area contributed by atoms with Crippen LogP contribution in [0.4, 0.5) is 0 Å². The number of aromatic nitrogens is 3. The zero-order chi connectivity index (χ0) is 26.3. The minimum atomic E-state index is -0.194. The van der Waals surface area contributed by atoms with Gasteiger partial charge in [-0.15, -0.1) is 0 Å². The minimum absolute atomic E-state index is 0.194. The van der Waals surface area contributed by atoms with Gasteiger partial charge in [0, 0.05) is 46.3 Å². The first kappa shape index (κ1) is 24.9. The van der Waals surface area contributed by atoms with Crippen LogP contribution >= 0.6 is 0 Å². The lowest BCUT2D eigenvalue weighted by molar-refractivity contribution is -0.140. The molecule has 0 fully saturated rings. The Hall–Kier alpha value is -3.80. The Morgan fingerprint density at radius 2 is 1.76 bits per heavy atom. The van der Waals surface area contributed by atoms with E-state index in [2.05, 4.69) is 79.9 Å². The highest BCUT2D eigenvalue weighted by molar-refractivity contribution is 6.23. The van der Waals surface area contributed by atoms with Gasteiger partial charge in [-0.3, -0.25) is 4.79 Å². The SMILES string of the molecule is CCC1=C(C)/C2=C/c3[nH]c(c(CCC(=O)OC)c3C)Cc3ccc([nH]3)/C=c3\[nH]/c(c(CC)c3C)=C\C1=N2. The van der Waals surface area contributed by atoms with Crippen molar-refractivity contribution >= 4 is 29.9 Å². The molecule has 2 aliphatic rings. The molecule has 0 unspecified atom stereocenters. The Balaban J connectivity index is 1.74. The number of esters is 1. The van der Waals surface area contributed by atoms with E-state index in [4.69, 9.17) is 9.73 Å². The van der Waals surface area contributed by atoms with Gasteiger partial charge >= 0.3 is 5.97 Å². The number of methoxy groups -OCH3 is 1. The molecule has 37 heavy (non-hydrogen) atoms. The first-order chi connectivity index (χ1) is 17.8. The average Bonchev–Trinajstić information content (AvgIpc) is 3.60. The molecule has 5 rings (SSSR count). The maximum absolute atomic E-state index is 12.0. The molecule has 192 valence electrons. The molecule has 5 heterocycles. The molecule has 0 saturated heterocycles. The minimum Gasteiger partial charge on any atom is -0.469 e. The fraction of sp³-hybridized carbons (Fsp3) is 0.355. The van der Waals surface area contributed by atoms with E-state index in [1.54, 1.807) is 0 Å². The summed E-state index contributed by atoms with van der Waals surface area (Å²) in [5.74, 6) is -0.194. The molecule has 3 aromatic heterocycles. The van der Waals surface area contributed by atoms with Crippen LogP contribution in [-0.4, -0.2) is 33.7 Å². The topological polar surface area (TPSA) is 86.0 Å². The standard InChI is InChI=1S/C31H36N4O2/c1-7-22-17(3)25-13-20-9-10-21(32-20)14-28-24(11-12-31(36)37-6)19(5)27(34-28)15-26-18(4)23(8-2)30(35-26)16-29(22)33-25/h9-10,13,15-16,32-34H,7-8,11-12,14H2,1-6H3/b25-13-,26-15-,29-16-. The van der Waals surface area contributed by atoms with Crippen molar-refractivity contribution in [2.45, 2.75) is 66.7 Å². The van der Waals surface area contributed by atoms with Gasteiger partial charge in [-0.1, -0.05) is 13.8 Å². The Morgan fingerprint density at radius 3 is 2.49 bits per heavy atom. The number of ether oxygens (including phenoxy) is 1. The highest BCUT2D eigenvalue weighted by atomic mass is 16.5. The molecule has 3 N–H and O–H groups in total. The van der Waals surface area contributed by atoms with Crippen molar-refractivity contribution in [1.82, 2.24) is 15.0 Å². The van der Waals surface area contributed by atoms with Crippen molar-refractivity contribution in [1.29, 1.82) is 0 Å². The smallest absolute Gasteiger partial charge is 0.305 e. The molecule has 0 atom stereocenters. The normalized spacial score (nSPS) is 18.0. The highest BCUT2D eigenvalue weighted by Gasteiger charge is 2.21. The Labute approximate surface area is 218 Å². The van der Waals surface area contributed by atoms with E-state index in [1.165, 1.54) is 34.9 Å². The summed E-state index contributed by atoms with van der Waals surface area (Å²) in [5.41, 5.74) is 13.8. The fourth-order valence-electron chi connectivity index (χ4n) is 5.69. The van der Waals surface area contributed by atoms with Crippen molar-refractivity contribution in [2.75, 3.05) is 7.11 Å². The molecule has 0 saturated carbocycles. The van der Waals surface area contributed by atoms with Crippen molar-refractivity contribution < 1.29 is 9.53 Å². The predicted molar refractivity (Wildman–Crippen MR) is 150 cm³/mol. The van der Waals surface area contributed by atoms with Gasteiger partial charge in [-0.2, -0.15) is 0 Å². The van der Waals surface area contributed by atoms with Crippen molar-refractivity contribution in [3.63, 3.8) is 0 Å². The quantitative estimate of drug-likeness (QED) is 0.448. The van der Waals surface area contributed by atoms with Crippen LogP contribution in [0.1, 0.15) is 78.6 Å². The molecule has 0 amide bonds. The molecule has 6 nitrogen and oxygen atoms in total. The summed E-state index contributed by atoms with van der Waals surface area (Å²) in [7, 11) is 1.44. The van der Waals surface area contributed by atoms with Gasteiger partial charge in [0.25, 0.3) is 0 Å². The Kier molecular flexibility index (Phi) is 6.67. The highest BCUT2D eigenvalue weighted by Crippen LogP contribution is 2.32. The summed E-state index contributed by atoms with van der Waals surface area (Å²) in [6.45, 7) is 10.9. The van der Waals surface area contributed by atoms with Gasteiger partial charge in [0.1, 0.15) is 0 Å². The summed E-state index contributed by atoms with van der Waals surface area (Å²) in [6.07, 6.45) is 10.2. The molecule has 0 aromatic carbocycles. The Bertz CT molecular complexity index is 1600. The third-order valence-corrected chi connectivity index (χ3v) is 7.86. The molecule has 3 aromatic rings. The van der Waals surface area contributed by atoms with E-state index in [0.29, 0.717) is 12.8 Å². The molecule has 8 bridgehead atoms. The van der Waals surface area contributed by atoms with Crippen molar-refractivity contribution in [3.05, 3.63) is 84.7 Å². The molecular weight excluding hydrogens is 460 g/mol. The molecule has 6 heteroatoms. The summed E-state index contributed by atoms with van der Waals surface area (Å²) in [5, 5.41) is 2.25. The number of nitrogens with zero attached hydrogens (tertiary/aromatic N) is 1. The largest absolute Gasteiger partial charge is 0.469 e. The number of carbonyl (C=O) groups excluding carboxylic acids is 1. The fourth-order valence-corrected chi connectivity index (χ4v) is 5.69. The van der Waals surface area contributed by atoms with E-state index in [0.717, 1.165) is 69.7 Å². The summed E-state index contributed by atoms with van der Waals surface area (Å²) < 4.78 is 4.92. The number of aromatic amines is 3. The van der Waals surface area contributed by atoms with E-state index in [-0.39, 0.29) is 5.97 Å². The van der Waals surface area contributed by atoms with Crippen LogP contribution in [-0.2, 0) is 28.8 Å². The summed E-state index contributed by atoms with van der Waals surface area (Å²) in [4.78, 5) is 28.0. The first-order valence-electron chi connectivity index (χ1n) is 13.2. The summed E-state index contributed by atoms with van der Waals surface area (Å²) in [6, 6.07) is 4.27. The molecule has 2 aliphatic heterocycles. The second kappa shape index (κ2) is 9.92. The number of nitrogens with one attached hydrogen (secondary N) is 3. The lowest BCUT2D eigenvalue weighted by atomic mass is 10.0. The van der Waals surface area contributed by atoms with Crippen LogP contribution in [0.15, 0.2) is 34.0 Å². The van der Waals surface area contributed by atoms with Crippen molar-refractivity contribution in [3.8, 4) is 0 Å². The third-order valence-electron chi connectivity index (χ3n) is 7.86. The Morgan fingerprint density at radius 1 is 0.946 bits per heavy atom. The maximum Gasteiger partial charge on any atom is 0.305 e. The monoisotopic (exact) mass is 496 g/mol. The molecule has 0 radical (unpaired) electrons. The van der Waals surface area contributed by atoms with Gasteiger partial charge in [0.2, 0.25) is 0 Å². The van der Waals surface area contributed by atoms with Crippen LogP contribution in [0, 0.1) is 13.8 Å². The van der Waals surface area contributed by atoms with Crippen LogP contribution in [0.2, 0.25) is 0 Å². The maximum atomic E-state index is 12.0. The molecular formula is C31H36N4O2. The lowest BCUT2D eigenvalue weighted by Gasteiger charge is -2.05. The van der Waals surface area contributed by atoms with E-state index in [1.807, 2.05) is 0 Å². The van der Waals surface area contributed by atoms with Crippen molar-refractivity contribution in [2.24, 2.45) is 4.99 Å². The number of hydrogen-bond acceptors (Lipinski definition) is 3. The van der Waals surface area contributed by atoms with Gasteiger partial charge in [0.15, 0.2) is 0 Å². The number of hydrogen-bond donors (Lipinski definition) is 3. The van der Waals surface area contributed by atoms with Gasteiger partial charge in [-0.25, -0.2) is 4.99 Å². The number of allylic oxidation sites excluding steroid dienone is 2. The van der Waals surface area contributed by atoms with E-state index in [9.17, 15) is 4.79 Å². The van der Waals surface area contributed by atoms with Gasteiger partial charge < -0.3 is 19.7 Å². The van der Waals surface area contributed by atoms with E-state index < -0.39 is 0 Å². The number of fused-ring (bicyclic) bond motifs is 7. The first-order valence-corrected chi connectivity index (χ1v) is 13.2. The van der Waals surface area contributed by atoms with Crippen LogP contribution < -0.4 is 10.7 Å². The second-order valence-electron chi connectivity index (χ2n) is 9.99. The molecule has 0 aliphatic carbocycles. The zero-order valence-corrected chi connectivity index (χ0v) is 22.7. The summed E-state index contributed by atoms with van der Waals surface area (Å²) >= 11 is 0. The number of H-pyrrole nitrogens is 3.